The molecule has 0 aliphatic heterocycles. The highest BCUT2D eigenvalue weighted by molar-refractivity contribution is 14.0. The van der Waals surface area contributed by atoms with Gasteiger partial charge in [0.25, 0.3) is 5.91 Å². The summed E-state index contributed by atoms with van der Waals surface area (Å²) in [5.41, 5.74) is 1.70. The Balaban J connectivity index is 0.00000784. The van der Waals surface area contributed by atoms with Crippen LogP contribution in [0.5, 0.6) is 0 Å². The monoisotopic (exact) mass is 517 g/mol. The van der Waals surface area contributed by atoms with Crippen molar-refractivity contribution in [3.63, 3.8) is 0 Å². The Morgan fingerprint density at radius 1 is 1.10 bits per heavy atom. The van der Waals surface area contributed by atoms with Gasteiger partial charge in [0.1, 0.15) is 0 Å². The van der Waals surface area contributed by atoms with E-state index in [0.717, 1.165) is 44.1 Å². The minimum atomic E-state index is -0.0415. The van der Waals surface area contributed by atoms with Crippen LogP contribution in [0.2, 0.25) is 0 Å². The van der Waals surface area contributed by atoms with Crippen molar-refractivity contribution >= 4 is 35.8 Å². The number of hydrogen-bond donors (Lipinski definition) is 3. The van der Waals surface area contributed by atoms with E-state index >= 15 is 0 Å². The predicted molar refractivity (Wildman–Crippen MR) is 134 cm³/mol. The SMILES string of the molecule is CCNC(=O)c1cccc(CN=C(NCC)NC(C)CCCN(CC)CC)c1.I. The Kier molecular flexibility index (Phi) is 15.7. The molecule has 3 N–H and O–H groups in total. The van der Waals surface area contributed by atoms with E-state index in [2.05, 4.69) is 48.5 Å². The molecule has 1 rings (SSSR count). The number of nitrogens with one attached hydrogen (secondary N) is 3. The third-order valence-corrected chi connectivity index (χ3v) is 4.68. The summed E-state index contributed by atoms with van der Waals surface area (Å²) >= 11 is 0. The highest BCUT2D eigenvalue weighted by atomic mass is 127. The van der Waals surface area contributed by atoms with Gasteiger partial charge in [-0.15, -0.1) is 24.0 Å². The van der Waals surface area contributed by atoms with Crippen LogP contribution < -0.4 is 16.0 Å². The molecule has 0 radical (unpaired) electrons. The summed E-state index contributed by atoms with van der Waals surface area (Å²) in [7, 11) is 0. The molecule has 0 saturated heterocycles. The molecule has 0 spiro atoms. The molecule has 166 valence electrons. The highest BCUT2D eigenvalue weighted by Gasteiger charge is 2.08. The van der Waals surface area contributed by atoms with Gasteiger partial charge in [-0.3, -0.25) is 4.79 Å². The molecule has 7 heteroatoms. The summed E-state index contributed by atoms with van der Waals surface area (Å²) < 4.78 is 0. The van der Waals surface area contributed by atoms with Gasteiger partial charge in [0.15, 0.2) is 5.96 Å². The summed E-state index contributed by atoms with van der Waals surface area (Å²) in [5, 5.41) is 9.64. The third kappa shape index (κ3) is 11.4. The van der Waals surface area contributed by atoms with E-state index in [-0.39, 0.29) is 29.9 Å². The Bertz CT molecular complexity index is 605. The minimum Gasteiger partial charge on any atom is -0.357 e. The first-order chi connectivity index (χ1) is 13.5. The minimum absolute atomic E-state index is 0. The molecule has 0 fully saturated rings. The standard InChI is InChI=1S/C22H39N5O.HI/c1-6-23-21(28)20-14-10-13-19(16-20)17-25-22(24-7-2)26-18(5)12-11-15-27(8-3)9-4;/h10,13-14,16,18H,6-9,11-12,15,17H2,1-5H3,(H,23,28)(H2,24,25,26);1H. The highest BCUT2D eigenvalue weighted by Crippen LogP contribution is 2.07. The first kappa shape index (κ1) is 27.6. The number of carbonyl (C=O) groups excluding carboxylic acids is 1. The predicted octanol–water partition coefficient (Wildman–Crippen LogP) is 3.62. The van der Waals surface area contributed by atoms with E-state index in [1.165, 1.54) is 6.42 Å². The number of carbonyl (C=O) groups is 1. The molecular weight excluding hydrogens is 477 g/mol. The number of amides is 1. The zero-order valence-corrected chi connectivity index (χ0v) is 21.1. The molecule has 0 heterocycles. The third-order valence-electron chi connectivity index (χ3n) is 4.68. The molecule has 1 aromatic rings. The first-order valence-electron chi connectivity index (χ1n) is 10.7. The van der Waals surface area contributed by atoms with Gasteiger partial charge in [-0.2, -0.15) is 0 Å². The number of rotatable bonds is 12. The van der Waals surface area contributed by atoms with Crippen molar-refractivity contribution in [2.24, 2.45) is 4.99 Å². The van der Waals surface area contributed by atoms with Gasteiger partial charge in [0.05, 0.1) is 6.54 Å². The second kappa shape index (κ2) is 16.4. The van der Waals surface area contributed by atoms with Crippen LogP contribution in [-0.4, -0.2) is 55.5 Å². The fraction of sp³-hybridized carbons (Fsp3) is 0.636. The van der Waals surface area contributed by atoms with Crippen LogP contribution in [0.4, 0.5) is 0 Å². The van der Waals surface area contributed by atoms with Crippen molar-refractivity contribution < 1.29 is 4.79 Å². The molecule has 0 aromatic heterocycles. The van der Waals surface area contributed by atoms with Gasteiger partial charge < -0.3 is 20.9 Å². The van der Waals surface area contributed by atoms with Gasteiger partial charge in [-0.05, 0) is 70.9 Å². The lowest BCUT2D eigenvalue weighted by Gasteiger charge is -2.21. The summed E-state index contributed by atoms with van der Waals surface area (Å²) in [6.07, 6.45) is 2.28. The molecule has 1 aromatic carbocycles. The lowest BCUT2D eigenvalue weighted by atomic mass is 10.1. The lowest BCUT2D eigenvalue weighted by Crippen LogP contribution is -2.42. The Morgan fingerprint density at radius 3 is 2.41 bits per heavy atom. The number of aliphatic imine (C=N–C) groups is 1. The van der Waals surface area contributed by atoms with Crippen molar-refractivity contribution in [2.75, 3.05) is 32.7 Å². The maximum absolute atomic E-state index is 12.0. The van der Waals surface area contributed by atoms with Gasteiger partial charge in [-0.1, -0.05) is 26.0 Å². The van der Waals surface area contributed by atoms with Crippen LogP contribution in [0.3, 0.4) is 0 Å². The Labute approximate surface area is 194 Å². The molecule has 29 heavy (non-hydrogen) atoms. The molecule has 1 unspecified atom stereocenters. The van der Waals surface area contributed by atoms with Crippen molar-refractivity contribution in [1.82, 2.24) is 20.9 Å². The average Bonchev–Trinajstić information content (AvgIpc) is 2.70. The largest absolute Gasteiger partial charge is 0.357 e. The zero-order valence-electron chi connectivity index (χ0n) is 18.8. The summed E-state index contributed by atoms with van der Waals surface area (Å²) in [6.45, 7) is 15.9. The van der Waals surface area contributed by atoms with Crippen LogP contribution >= 0.6 is 24.0 Å². The smallest absolute Gasteiger partial charge is 0.251 e. The Morgan fingerprint density at radius 2 is 1.79 bits per heavy atom. The van der Waals surface area contributed by atoms with Crippen LogP contribution in [0.1, 0.15) is 63.4 Å². The molecule has 1 atom stereocenters. The van der Waals surface area contributed by atoms with E-state index in [1.807, 2.05) is 31.2 Å². The lowest BCUT2D eigenvalue weighted by molar-refractivity contribution is 0.0955. The Hall–Kier alpha value is -1.35. The van der Waals surface area contributed by atoms with Crippen LogP contribution in [0, 0.1) is 0 Å². The van der Waals surface area contributed by atoms with Crippen LogP contribution in [-0.2, 0) is 6.54 Å². The fourth-order valence-electron chi connectivity index (χ4n) is 3.03. The summed E-state index contributed by atoms with van der Waals surface area (Å²) in [5.74, 6) is 0.779. The number of hydrogen-bond acceptors (Lipinski definition) is 3. The maximum atomic E-state index is 12.0. The average molecular weight is 518 g/mol. The number of nitrogens with zero attached hydrogens (tertiary/aromatic N) is 2. The van der Waals surface area contributed by atoms with Crippen molar-refractivity contribution in [1.29, 1.82) is 0 Å². The van der Waals surface area contributed by atoms with Crippen LogP contribution in [0.25, 0.3) is 0 Å². The van der Waals surface area contributed by atoms with E-state index in [4.69, 9.17) is 4.99 Å². The fourth-order valence-corrected chi connectivity index (χ4v) is 3.03. The van der Waals surface area contributed by atoms with Crippen molar-refractivity contribution in [2.45, 2.75) is 60.0 Å². The molecule has 6 nitrogen and oxygen atoms in total. The quantitative estimate of drug-likeness (QED) is 0.225. The second-order valence-electron chi connectivity index (χ2n) is 6.97. The van der Waals surface area contributed by atoms with E-state index in [0.29, 0.717) is 24.7 Å². The zero-order chi connectivity index (χ0) is 20.8. The summed E-state index contributed by atoms with van der Waals surface area (Å²) in [4.78, 5) is 19.1. The normalized spacial score (nSPS) is 12.3. The van der Waals surface area contributed by atoms with E-state index < -0.39 is 0 Å². The molecule has 0 bridgehead atoms. The summed E-state index contributed by atoms with van der Waals surface area (Å²) in [6, 6.07) is 8.01. The van der Waals surface area contributed by atoms with Gasteiger partial charge in [0, 0.05) is 24.7 Å². The van der Waals surface area contributed by atoms with Gasteiger partial charge in [-0.25, -0.2) is 4.99 Å². The topological polar surface area (TPSA) is 68.8 Å². The molecule has 1 amide bonds. The van der Waals surface area contributed by atoms with Gasteiger partial charge >= 0.3 is 0 Å². The molecule has 0 saturated carbocycles. The maximum Gasteiger partial charge on any atom is 0.251 e. The number of benzene rings is 1. The first-order valence-corrected chi connectivity index (χ1v) is 10.7. The second-order valence-corrected chi connectivity index (χ2v) is 6.97. The van der Waals surface area contributed by atoms with Crippen LogP contribution in [0.15, 0.2) is 29.3 Å². The van der Waals surface area contributed by atoms with Crippen molar-refractivity contribution in [3.8, 4) is 0 Å². The molecule has 0 aliphatic rings. The molecule has 0 aliphatic carbocycles. The molecular formula is C22H40IN5O. The van der Waals surface area contributed by atoms with E-state index in [9.17, 15) is 4.79 Å². The van der Waals surface area contributed by atoms with E-state index in [1.54, 1.807) is 0 Å². The number of halogens is 1. The van der Waals surface area contributed by atoms with Crippen molar-refractivity contribution in [3.05, 3.63) is 35.4 Å². The number of guanidine groups is 1. The van der Waals surface area contributed by atoms with Gasteiger partial charge in [0.2, 0.25) is 0 Å².